The van der Waals surface area contributed by atoms with Crippen LogP contribution < -0.4 is 5.32 Å². The highest BCUT2D eigenvalue weighted by atomic mass is 79.9. The average molecular weight is 299 g/mol. The first-order valence-electron chi connectivity index (χ1n) is 4.70. The van der Waals surface area contributed by atoms with Gasteiger partial charge in [-0.1, -0.05) is 17.7 Å². The lowest BCUT2D eigenvalue weighted by atomic mass is 10.3. The van der Waals surface area contributed by atoms with Crippen LogP contribution in [0.4, 0.5) is 5.82 Å². The number of nitrogens with one attached hydrogen (secondary N) is 1. The first kappa shape index (κ1) is 11.4. The maximum atomic E-state index is 5.94. The molecule has 16 heavy (non-hydrogen) atoms. The number of hydrogen-bond donors (Lipinski definition) is 1. The minimum atomic E-state index is 0.520. The van der Waals surface area contributed by atoms with Crippen molar-refractivity contribution in [2.45, 2.75) is 6.54 Å². The summed E-state index contributed by atoms with van der Waals surface area (Å²) in [5, 5.41) is 3.69. The molecule has 0 aliphatic rings. The quantitative estimate of drug-likeness (QED) is 0.881. The molecule has 0 amide bonds. The third-order valence-electron chi connectivity index (χ3n) is 2.02. The van der Waals surface area contributed by atoms with E-state index >= 15 is 0 Å². The van der Waals surface area contributed by atoms with Gasteiger partial charge in [0.15, 0.2) is 0 Å². The van der Waals surface area contributed by atoms with E-state index in [4.69, 9.17) is 11.6 Å². The highest BCUT2D eigenvalue weighted by Crippen LogP contribution is 2.14. The van der Waals surface area contributed by atoms with Crippen LogP contribution in [0.15, 0.2) is 41.1 Å². The molecule has 2 aromatic rings. The number of anilines is 1. The summed E-state index contributed by atoms with van der Waals surface area (Å²) < 4.78 is 0.956. The van der Waals surface area contributed by atoms with Crippen molar-refractivity contribution >= 4 is 33.3 Å². The van der Waals surface area contributed by atoms with Gasteiger partial charge in [-0.25, -0.2) is 9.97 Å². The van der Waals surface area contributed by atoms with Gasteiger partial charge in [-0.3, -0.25) is 0 Å². The minimum Gasteiger partial charge on any atom is -0.366 e. The monoisotopic (exact) mass is 297 g/mol. The van der Waals surface area contributed by atoms with Crippen molar-refractivity contribution in [2.24, 2.45) is 0 Å². The Balaban J connectivity index is 2.02. The van der Waals surface area contributed by atoms with Crippen LogP contribution in [-0.2, 0) is 6.54 Å². The standard InChI is InChI=1S/C11H9BrClN3/c12-9-3-4-10(16-7-9)15-6-8-2-1-5-14-11(8)13/h1-5,7H,6H2,(H,15,16). The molecule has 0 saturated heterocycles. The highest BCUT2D eigenvalue weighted by Gasteiger charge is 2.00. The zero-order chi connectivity index (χ0) is 11.4. The van der Waals surface area contributed by atoms with E-state index in [0.717, 1.165) is 15.9 Å². The molecule has 0 bridgehead atoms. The molecule has 0 unspecified atom stereocenters. The smallest absolute Gasteiger partial charge is 0.133 e. The summed E-state index contributed by atoms with van der Waals surface area (Å²) >= 11 is 9.27. The number of rotatable bonds is 3. The van der Waals surface area contributed by atoms with Crippen molar-refractivity contribution in [3.05, 3.63) is 51.8 Å². The lowest BCUT2D eigenvalue weighted by Crippen LogP contribution is -2.02. The van der Waals surface area contributed by atoms with Crippen molar-refractivity contribution in [2.75, 3.05) is 5.32 Å². The Morgan fingerprint density at radius 1 is 1.25 bits per heavy atom. The molecule has 0 saturated carbocycles. The Morgan fingerprint density at radius 3 is 2.81 bits per heavy atom. The van der Waals surface area contributed by atoms with E-state index in [-0.39, 0.29) is 0 Å². The molecule has 0 fully saturated rings. The molecular weight excluding hydrogens is 289 g/mol. The van der Waals surface area contributed by atoms with Crippen molar-refractivity contribution in [3.63, 3.8) is 0 Å². The predicted molar refractivity (Wildman–Crippen MR) is 68.5 cm³/mol. The van der Waals surface area contributed by atoms with Gasteiger partial charge in [0.1, 0.15) is 11.0 Å². The van der Waals surface area contributed by atoms with Gasteiger partial charge in [-0.2, -0.15) is 0 Å². The van der Waals surface area contributed by atoms with Gasteiger partial charge in [0.2, 0.25) is 0 Å². The van der Waals surface area contributed by atoms with Crippen LogP contribution in [0, 0.1) is 0 Å². The normalized spacial score (nSPS) is 10.1. The summed E-state index contributed by atoms with van der Waals surface area (Å²) in [6.07, 6.45) is 3.41. The van der Waals surface area contributed by atoms with Crippen LogP contribution in [0.2, 0.25) is 5.15 Å². The van der Waals surface area contributed by atoms with Gasteiger partial charge in [0, 0.05) is 29.0 Å². The lowest BCUT2D eigenvalue weighted by Gasteiger charge is -2.06. The van der Waals surface area contributed by atoms with E-state index in [1.54, 1.807) is 12.4 Å². The molecule has 1 N–H and O–H groups in total. The summed E-state index contributed by atoms with van der Waals surface area (Å²) in [5.74, 6) is 0.808. The van der Waals surface area contributed by atoms with Crippen LogP contribution in [0.25, 0.3) is 0 Å². The molecule has 3 nitrogen and oxygen atoms in total. The van der Waals surface area contributed by atoms with Gasteiger partial charge in [0.25, 0.3) is 0 Å². The fourth-order valence-electron chi connectivity index (χ4n) is 1.22. The second-order valence-electron chi connectivity index (χ2n) is 3.17. The second kappa shape index (κ2) is 5.27. The van der Waals surface area contributed by atoms with Crippen LogP contribution in [0.1, 0.15) is 5.56 Å². The van der Waals surface area contributed by atoms with E-state index in [0.29, 0.717) is 11.7 Å². The Morgan fingerprint density at radius 2 is 2.12 bits per heavy atom. The summed E-state index contributed by atoms with van der Waals surface area (Å²) in [7, 11) is 0. The maximum absolute atomic E-state index is 5.94. The predicted octanol–water partition coefficient (Wildman–Crippen LogP) is 3.50. The van der Waals surface area contributed by atoms with Gasteiger partial charge in [-0.15, -0.1) is 0 Å². The zero-order valence-corrected chi connectivity index (χ0v) is 10.7. The second-order valence-corrected chi connectivity index (χ2v) is 4.44. The van der Waals surface area contributed by atoms with Gasteiger partial charge in [-0.05, 0) is 34.1 Å². The first-order valence-corrected chi connectivity index (χ1v) is 5.87. The Hall–Kier alpha value is -1.13. The minimum absolute atomic E-state index is 0.520. The number of pyridine rings is 2. The third kappa shape index (κ3) is 2.93. The van der Waals surface area contributed by atoms with Crippen LogP contribution in [-0.4, -0.2) is 9.97 Å². The Bertz CT molecular complexity index is 473. The molecule has 0 aliphatic heterocycles. The average Bonchev–Trinajstić information content (AvgIpc) is 2.30. The molecule has 0 atom stereocenters. The fourth-order valence-corrected chi connectivity index (χ4v) is 1.64. The van der Waals surface area contributed by atoms with E-state index in [1.165, 1.54) is 0 Å². The van der Waals surface area contributed by atoms with Gasteiger partial charge < -0.3 is 5.32 Å². The first-order chi connectivity index (χ1) is 7.75. The molecule has 0 aliphatic carbocycles. The molecule has 0 radical (unpaired) electrons. The number of aromatic nitrogens is 2. The number of hydrogen-bond acceptors (Lipinski definition) is 3. The van der Waals surface area contributed by atoms with E-state index in [1.807, 2.05) is 24.3 Å². The van der Waals surface area contributed by atoms with Gasteiger partial charge >= 0.3 is 0 Å². The van der Waals surface area contributed by atoms with Crippen LogP contribution in [0.3, 0.4) is 0 Å². The Labute approximate surface area is 107 Å². The zero-order valence-electron chi connectivity index (χ0n) is 8.32. The van der Waals surface area contributed by atoms with Crippen LogP contribution >= 0.6 is 27.5 Å². The molecule has 2 aromatic heterocycles. The SMILES string of the molecule is Clc1ncccc1CNc1ccc(Br)cn1. The van der Waals surface area contributed by atoms with Crippen LogP contribution in [0.5, 0.6) is 0 Å². The van der Waals surface area contributed by atoms with E-state index in [9.17, 15) is 0 Å². The number of nitrogens with zero attached hydrogens (tertiary/aromatic N) is 2. The summed E-state index contributed by atoms with van der Waals surface area (Å²) in [4.78, 5) is 8.20. The molecular formula is C11H9BrClN3. The van der Waals surface area contributed by atoms with E-state index < -0.39 is 0 Å². The summed E-state index contributed by atoms with van der Waals surface area (Å²) in [5.41, 5.74) is 0.953. The number of halogens is 2. The van der Waals surface area contributed by atoms with Crippen molar-refractivity contribution in [1.82, 2.24) is 9.97 Å². The van der Waals surface area contributed by atoms with Crippen molar-refractivity contribution in [3.8, 4) is 0 Å². The lowest BCUT2D eigenvalue weighted by molar-refractivity contribution is 1.08. The maximum Gasteiger partial charge on any atom is 0.133 e. The molecule has 2 rings (SSSR count). The van der Waals surface area contributed by atoms with Crippen molar-refractivity contribution in [1.29, 1.82) is 0 Å². The largest absolute Gasteiger partial charge is 0.366 e. The summed E-state index contributed by atoms with van der Waals surface area (Å²) in [6, 6.07) is 7.62. The van der Waals surface area contributed by atoms with Crippen molar-refractivity contribution < 1.29 is 0 Å². The Kier molecular flexibility index (Phi) is 3.74. The topological polar surface area (TPSA) is 37.8 Å². The molecule has 0 spiro atoms. The molecule has 0 aromatic carbocycles. The van der Waals surface area contributed by atoms with E-state index in [2.05, 4.69) is 31.2 Å². The van der Waals surface area contributed by atoms with Gasteiger partial charge in [0.05, 0.1) is 0 Å². The molecule has 5 heteroatoms. The molecule has 82 valence electrons. The summed E-state index contributed by atoms with van der Waals surface area (Å²) in [6.45, 7) is 0.612. The highest BCUT2D eigenvalue weighted by molar-refractivity contribution is 9.10. The molecule has 2 heterocycles. The third-order valence-corrected chi connectivity index (χ3v) is 2.83. The fraction of sp³-hybridized carbons (Fsp3) is 0.0909.